The molecule has 0 spiro atoms. The minimum atomic E-state index is -0.0572. The molecular formula is C15H17BrN4O. The van der Waals surface area contributed by atoms with E-state index in [1.54, 1.807) is 18.5 Å². The molecule has 0 fully saturated rings. The average Bonchev–Trinajstić information content (AvgIpc) is 2.52. The van der Waals surface area contributed by atoms with Gasteiger partial charge in [0.2, 0.25) is 11.9 Å². The van der Waals surface area contributed by atoms with Crippen LogP contribution in [0.1, 0.15) is 24.8 Å². The summed E-state index contributed by atoms with van der Waals surface area (Å²) >= 11 is 3.41. The van der Waals surface area contributed by atoms with Crippen molar-refractivity contribution in [1.29, 1.82) is 0 Å². The number of halogens is 1. The molecule has 5 nitrogen and oxygen atoms in total. The Bertz CT molecular complexity index is 560. The zero-order chi connectivity index (χ0) is 14.9. The number of unbranched alkanes of at least 4 members (excludes halogenated alkanes) is 1. The van der Waals surface area contributed by atoms with Crippen molar-refractivity contribution in [3.63, 3.8) is 0 Å². The number of amides is 1. The third-order valence-electron chi connectivity index (χ3n) is 2.91. The van der Waals surface area contributed by atoms with Crippen molar-refractivity contribution in [2.45, 2.75) is 25.7 Å². The van der Waals surface area contributed by atoms with Crippen molar-refractivity contribution in [2.24, 2.45) is 0 Å². The molecule has 21 heavy (non-hydrogen) atoms. The van der Waals surface area contributed by atoms with Crippen LogP contribution in [-0.2, 0) is 11.2 Å². The van der Waals surface area contributed by atoms with E-state index < -0.39 is 0 Å². The maximum absolute atomic E-state index is 11.6. The van der Waals surface area contributed by atoms with E-state index in [4.69, 9.17) is 0 Å². The first-order valence-electron chi connectivity index (χ1n) is 6.80. The molecule has 1 aromatic carbocycles. The van der Waals surface area contributed by atoms with Gasteiger partial charge in [-0.05, 0) is 43.0 Å². The lowest BCUT2D eigenvalue weighted by Gasteiger charge is -2.06. The van der Waals surface area contributed by atoms with E-state index in [1.165, 1.54) is 5.56 Å². The van der Waals surface area contributed by atoms with Crippen LogP contribution in [0.3, 0.4) is 0 Å². The van der Waals surface area contributed by atoms with Gasteiger partial charge in [-0.3, -0.25) is 15.6 Å². The van der Waals surface area contributed by atoms with Gasteiger partial charge in [-0.15, -0.1) is 0 Å². The number of carbonyl (C=O) groups is 1. The zero-order valence-corrected chi connectivity index (χ0v) is 13.1. The Morgan fingerprint density at radius 2 is 1.81 bits per heavy atom. The van der Waals surface area contributed by atoms with Gasteiger partial charge in [0.1, 0.15) is 0 Å². The van der Waals surface area contributed by atoms with E-state index in [0.717, 1.165) is 23.7 Å². The summed E-state index contributed by atoms with van der Waals surface area (Å²) in [4.78, 5) is 19.5. The molecule has 1 heterocycles. The van der Waals surface area contributed by atoms with Crippen LogP contribution in [0, 0.1) is 0 Å². The molecule has 1 aromatic heterocycles. The van der Waals surface area contributed by atoms with E-state index in [-0.39, 0.29) is 5.91 Å². The van der Waals surface area contributed by atoms with Crippen LogP contribution < -0.4 is 10.9 Å². The van der Waals surface area contributed by atoms with Gasteiger partial charge in [-0.2, -0.15) is 0 Å². The predicted molar refractivity (Wildman–Crippen MR) is 85.5 cm³/mol. The Hall–Kier alpha value is -1.95. The molecule has 2 rings (SSSR count). The summed E-state index contributed by atoms with van der Waals surface area (Å²) in [5, 5.41) is 0. The predicted octanol–water partition coefficient (Wildman–Crippen LogP) is 3.10. The molecule has 0 saturated carbocycles. The Kier molecular flexibility index (Phi) is 6.15. The van der Waals surface area contributed by atoms with E-state index in [2.05, 4.69) is 48.9 Å². The van der Waals surface area contributed by atoms with Crippen LogP contribution in [0.2, 0.25) is 0 Å². The number of benzene rings is 1. The van der Waals surface area contributed by atoms with Gasteiger partial charge in [-0.25, -0.2) is 9.97 Å². The van der Waals surface area contributed by atoms with Crippen molar-refractivity contribution >= 4 is 27.8 Å². The molecule has 2 aromatic rings. The Morgan fingerprint density at radius 1 is 1.10 bits per heavy atom. The van der Waals surface area contributed by atoms with Crippen LogP contribution in [0.15, 0.2) is 47.2 Å². The smallest absolute Gasteiger partial charge is 0.241 e. The van der Waals surface area contributed by atoms with E-state index in [9.17, 15) is 4.79 Å². The second kappa shape index (κ2) is 8.36. The van der Waals surface area contributed by atoms with Crippen molar-refractivity contribution in [1.82, 2.24) is 15.4 Å². The topological polar surface area (TPSA) is 66.9 Å². The highest BCUT2D eigenvalue weighted by Gasteiger charge is 2.02. The fraction of sp³-hybridized carbons (Fsp3) is 0.267. The van der Waals surface area contributed by atoms with Crippen LogP contribution in [-0.4, -0.2) is 15.9 Å². The lowest BCUT2D eigenvalue weighted by atomic mass is 10.1. The average molecular weight is 349 g/mol. The molecule has 0 aliphatic carbocycles. The first-order chi connectivity index (χ1) is 10.2. The Balaban J connectivity index is 1.60. The summed E-state index contributed by atoms with van der Waals surface area (Å²) in [6, 6.07) is 9.98. The number of carbonyl (C=O) groups excluding carboxylic acids is 1. The third kappa shape index (κ3) is 5.91. The molecule has 2 N–H and O–H groups in total. The standard InChI is InChI=1S/C15H17BrN4O/c16-13-8-6-12(7-9-13)4-1-2-5-14(21)19-20-15-17-10-3-11-18-15/h3,6-11H,1-2,4-5H2,(H,19,21)(H,17,18,20). The fourth-order valence-electron chi connectivity index (χ4n) is 1.82. The normalized spacial score (nSPS) is 10.1. The summed E-state index contributed by atoms with van der Waals surface area (Å²) in [7, 11) is 0. The van der Waals surface area contributed by atoms with Crippen LogP contribution in [0.25, 0.3) is 0 Å². The number of hydrogen-bond acceptors (Lipinski definition) is 4. The highest BCUT2D eigenvalue weighted by Crippen LogP contribution is 2.12. The second-order valence-electron chi connectivity index (χ2n) is 4.58. The number of hydrogen-bond donors (Lipinski definition) is 2. The summed E-state index contributed by atoms with van der Waals surface area (Å²) in [5.74, 6) is 0.332. The van der Waals surface area contributed by atoms with Crippen LogP contribution in [0.4, 0.5) is 5.95 Å². The summed E-state index contributed by atoms with van der Waals surface area (Å²) < 4.78 is 1.08. The highest BCUT2D eigenvalue weighted by atomic mass is 79.9. The minimum absolute atomic E-state index is 0.0572. The molecule has 6 heteroatoms. The molecular weight excluding hydrogens is 332 g/mol. The van der Waals surface area contributed by atoms with Gasteiger partial charge < -0.3 is 0 Å². The molecule has 0 radical (unpaired) electrons. The number of nitrogens with one attached hydrogen (secondary N) is 2. The quantitative estimate of drug-likeness (QED) is 0.596. The monoisotopic (exact) mass is 348 g/mol. The molecule has 0 unspecified atom stereocenters. The maximum Gasteiger partial charge on any atom is 0.241 e. The van der Waals surface area contributed by atoms with Crippen molar-refractivity contribution < 1.29 is 4.79 Å². The van der Waals surface area contributed by atoms with E-state index in [0.29, 0.717) is 12.4 Å². The Labute approximate surface area is 132 Å². The molecule has 110 valence electrons. The second-order valence-corrected chi connectivity index (χ2v) is 5.49. The Morgan fingerprint density at radius 3 is 2.52 bits per heavy atom. The van der Waals surface area contributed by atoms with Gasteiger partial charge >= 0.3 is 0 Å². The van der Waals surface area contributed by atoms with Gasteiger partial charge in [0.25, 0.3) is 0 Å². The molecule has 0 atom stereocenters. The van der Waals surface area contributed by atoms with Gasteiger partial charge in [0.05, 0.1) is 0 Å². The number of nitrogens with zero attached hydrogens (tertiary/aromatic N) is 2. The third-order valence-corrected chi connectivity index (χ3v) is 3.44. The molecule has 0 aliphatic heterocycles. The minimum Gasteiger partial charge on any atom is -0.273 e. The highest BCUT2D eigenvalue weighted by molar-refractivity contribution is 9.10. The lowest BCUT2D eigenvalue weighted by molar-refractivity contribution is -0.120. The zero-order valence-electron chi connectivity index (χ0n) is 11.6. The van der Waals surface area contributed by atoms with Crippen molar-refractivity contribution in [3.8, 4) is 0 Å². The fourth-order valence-corrected chi connectivity index (χ4v) is 2.08. The number of rotatable bonds is 7. The van der Waals surface area contributed by atoms with Crippen LogP contribution in [0.5, 0.6) is 0 Å². The summed E-state index contributed by atoms with van der Waals surface area (Å²) in [6.45, 7) is 0. The lowest BCUT2D eigenvalue weighted by Crippen LogP contribution is -2.29. The first kappa shape index (κ1) is 15.4. The molecule has 0 bridgehead atoms. The summed E-state index contributed by atoms with van der Waals surface area (Å²) in [5.41, 5.74) is 6.55. The molecule has 0 saturated heterocycles. The molecule has 0 aliphatic rings. The first-order valence-corrected chi connectivity index (χ1v) is 7.59. The number of aromatic nitrogens is 2. The maximum atomic E-state index is 11.6. The summed E-state index contributed by atoms with van der Waals surface area (Å²) in [6.07, 6.45) is 6.52. The number of hydrazine groups is 1. The van der Waals surface area contributed by atoms with E-state index >= 15 is 0 Å². The van der Waals surface area contributed by atoms with Gasteiger partial charge in [0.15, 0.2) is 0 Å². The van der Waals surface area contributed by atoms with Crippen molar-refractivity contribution in [3.05, 3.63) is 52.8 Å². The van der Waals surface area contributed by atoms with Crippen LogP contribution >= 0.6 is 15.9 Å². The van der Waals surface area contributed by atoms with Gasteiger partial charge in [-0.1, -0.05) is 28.1 Å². The van der Waals surface area contributed by atoms with Gasteiger partial charge in [0, 0.05) is 23.3 Å². The van der Waals surface area contributed by atoms with Crippen molar-refractivity contribution in [2.75, 3.05) is 5.43 Å². The SMILES string of the molecule is O=C(CCCCc1ccc(Br)cc1)NNc1ncccn1. The number of aryl methyl sites for hydroxylation is 1. The molecule has 1 amide bonds. The number of anilines is 1. The van der Waals surface area contributed by atoms with E-state index in [1.807, 2.05) is 12.1 Å². The largest absolute Gasteiger partial charge is 0.273 e.